The molecule has 1 heterocycles. The highest BCUT2D eigenvalue weighted by atomic mass is 19.1. The number of nitrogens with zero attached hydrogens (tertiary/aromatic N) is 2. The van der Waals surface area contributed by atoms with E-state index in [0.29, 0.717) is 18.0 Å². The fourth-order valence-corrected chi connectivity index (χ4v) is 8.10. The van der Waals surface area contributed by atoms with Gasteiger partial charge in [0.25, 0.3) is 0 Å². The summed E-state index contributed by atoms with van der Waals surface area (Å²) in [5.41, 5.74) is 9.80. The van der Waals surface area contributed by atoms with Gasteiger partial charge in [-0.2, -0.15) is 5.10 Å². The number of benzene rings is 4. The molecule has 5 aromatic rings. The molecule has 0 aliphatic heterocycles. The number of Topliss-reactive ketones (excluding diaryl/α,β-unsaturated/α-hetero) is 2. The number of fused-ring (bicyclic) bond motifs is 1. The average molecular weight is 825 g/mol. The van der Waals surface area contributed by atoms with Crippen LogP contribution in [0.5, 0.6) is 0 Å². The van der Waals surface area contributed by atoms with Crippen molar-refractivity contribution >= 4 is 17.3 Å². The molecule has 7 rings (SSSR count). The standard InChI is InChI=1S/C24H27FN2O2.C18H24O4.C6H7FN2/c1-28-24(29-2)22-21-10-6-9-18(12-11-17-7-4-3-5-8-17)23(21)27(26-22)20-15-13-19(25)14-16-20;1-21-18(22-2)17(20)15-10-6-9-14(16(15)19)12-11-13-7-4-3-5-8-13;7-5-1-3-6(9-8)4-2-5/h3-5,7-8,13-16,18,24H,6,9-12H2,1-2H3;3-5,7-8,14-15,18H,6,9-12H2,1-2H3;1-4,9H,8H2. The summed E-state index contributed by atoms with van der Waals surface area (Å²) in [4.78, 5) is 24.9. The number of hydrogen-bond donors (Lipinski definition) is 2. The number of hydrazine groups is 1. The van der Waals surface area contributed by atoms with E-state index in [1.54, 1.807) is 38.5 Å². The van der Waals surface area contributed by atoms with E-state index in [9.17, 15) is 18.4 Å². The Morgan fingerprint density at radius 2 is 1.27 bits per heavy atom. The van der Waals surface area contributed by atoms with E-state index in [4.69, 9.17) is 29.9 Å². The van der Waals surface area contributed by atoms with E-state index < -0.39 is 18.5 Å². The summed E-state index contributed by atoms with van der Waals surface area (Å²) in [5.74, 6) is 4.14. The lowest BCUT2D eigenvalue weighted by Crippen LogP contribution is -2.40. The lowest BCUT2D eigenvalue weighted by Gasteiger charge is -2.28. The van der Waals surface area contributed by atoms with Gasteiger partial charge in [0.2, 0.25) is 12.6 Å². The third kappa shape index (κ3) is 12.5. The van der Waals surface area contributed by atoms with Gasteiger partial charge in [-0.05, 0) is 117 Å². The Balaban J connectivity index is 0.000000193. The summed E-state index contributed by atoms with van der Waals surface area (Å²) in [5, 5.41) is 4.88. The quantitative estimate of drug-likeness (QED) is 0.0460. The Bertz CT molecular complexity index is 2040. The van der Waals surface area contributed by atoms with Crippen LogP contribution in [0.15, 0.2) is 109 Å². The summed E-state index contributed by atoms with van der Waals surface area (Å²) in [7, 11) is 6.11. The normalized spacial score (nSPS) is 17.3. The molecule has 1 aromatic heterocycles. The number of rotatable bonds is 15. The van der Waals surface area contributed by atoms with Crippen LogP contribution in [0, 0.1) is 23.5 Å². The van der Waals surface area contributed by atoms with E-state index in [1.165, 1.54) is 60.9 Å². The number of carbonyl (C=O) groups excluding carboxylic acids is 2. The van der Waals surface area contributed by atoms with Gasteiger partial charge in [-0.15, -0.1) is 0 Å². The number of nitrogen functional groups attached to an aromatic ring is 1. The van der Waals surface area contributed by atoms with Crippen molar-refractivity contribution in [3.63, 3.8) is 0 Å². The number of ether oxygens (including phenoxy) is 4. The number of carbonyl (C=O) groups is 2. The first-order valence-electron chi connectivity index (χ1n) is 20.6. The Labute approximate surface area is 352 Å². The molecule has 0 radical (unpaired) electrons. The van der Waals surface area contributed by atoms with Crippen molar-refractivity contribution in [3.05, 3.63) is 149 Å². The van der Waals surface area contributed by atoms with Crippen LogP contribution in [0.3, 0.4) is 0 Å². The SMILES string of the molecule is COC(OC)C(=O)C1CCCC(CCc2ccccc2)C1=O.COC(OC)c1nn(-c2ccc(F)cc2)c2c1CCCC2CCc1ccccc1.NNc1ccc(F)cc1. The monoisotopic (exact) mass is 824 g/mol. The second-order valence-electron chi connectivity index (χ2n) is 15.0. The van der Waals surface area contributed by atoms with E-state index >= 15 is 0 Å². The molecule has 3 N–H and O–H groups in total. The molecule has 0 bridgehead atoms. The Morgan fingerprint density at radius 3 is 1.80 bits per heavy atom. The van der Waals surface area contributed by atoms with Gasteiger partial charge in [-0.3, -0.25) is 15.4 Å². The summed E-state index contributed by atoms with van der Waals surface area (Å²) < 4.78 is 48.7. The number of nitrogens with two attached hydrogens (primary N) is 1. The molecule has 2 aliphatic rings. The minimum Gasteiger partial charge on any atom is -0.350 e. The molecule has 3 unspecified atom stereocenters. The van der Waals surface area contributed by atoms with Crippen molar-refractivity contribution in [3.8, 4) is 5.69 Å². The van der Waals surface area contributed by atoms with Gasteiger partial charge in [-0.1, -0.05) is 67.1 Å². The van der Waals surface area contributed by atoms with Gasteiger partial charge in [0.05, 0.1) is 17.3 Å². The van der Waals surface area contributed by atoms with Gasteiger partial charge >= 0.3 is 0 Å². The van der Waals surface area contributed by atoms with Crippen LogP contribution in [0.4, 0.5) is 14.5 Å². The predicted molar refractivity (Wildman–Crippen MR) is 228 cm³/mol. The maximum atomic E-state index is 13.5. The molecule has 0 spiro atoms. The van der Waals surface area contributed by atoms with E-state index in [0.717, 1.165) is 69.2 Å². The number of methoxy groups -OCH3 is 4. The van der Waals surface area contributed by atoms with Crippen molar-refractivity contribution in [2.24, 2.45) is 17.7 Å². The smallest absolute Gasteiger partial charge is 0.218 e. The van der Waals surface area contributed by atoms with Gasteiger partial charge in [0.1, 0.15) is 23.1 Å². The zero-order chi connectivity index (χ0) is 42.9. The second-order valence-corrected chi connectivity index (χ2v) is 15.0. The summed E-state index contributed by atoms with van der Waals surface area (Å²) >= 11 is 0. The van der Waals surface area contributed by atoms with E-state index in [1.807, 2.05) is 28.9 Å². The first-order chi connectivity index (χ1) is 29.2. The third-order valence-electron chi connectivity index (χ3n) is 11.2. The molecule has 60 heavy (non-hydrogen) atoms. The molecular formula is C48H58F2N4O6. The number of aromatic nitrogens is 2. The minimum absolute atomic E-state index is 0.0303. The van der Waals surface area contributed by atoms with Crippen molar-refractivity contribution < 1.29 is 37.3 Å². The van der Waals surface area contributed by atoms with E-state index in [-0.39, 0.29) is 29.1 Å². The van der Waals surface area contributed by atoms with Crippen molar-refractivity contribution in [2.75, 3.05) is 33.9 Å². The summed E-state index contributed by atoms with van der Waals surface area (Å²) in [6.07, 6.45) is 7.90. The number of anilines is 1. The summed E-state index contributed by atoms with van der Waals surface area (Å²) in [6, 6.07) is 33.1. The largest absolute Gasteiger partial charge is 0.350 e. The molecular weight excluding hydrogens is 767 g/mol. The topological polar surface area (TPSA) is 127 Å². The average Bonchev–Trinajstić information content (AvgIpc) is 3.68. The van der Waals surface area contributed by atoms with Crippen LogP contribution < -0.4 is 11.3 Å². The third-order valence-corrected chi connectivity index (χ3v) is 11.2. The number of hydrogen-bond acceptors (Lipinski definition) is 9. The van der Waals surface area contributed by atoms with Crippen LogP contribution in [-0.4, -0.2) is 56.1 Å². The molecule has 2 aliphatic carbocycles. The second kappa shape index (κ2) is 23.6. The molecule has 12 heteroatoms. The number of nitrogens with one attached hydrogen (secondary N) is 1. The fourth-order valence-electron chi connectivity index (χ4n) is 8.10. The van der Waals surface area contributed by atoms with Crippen molar-refractivity contribution in [1.82, 2.24) is 9.78 Å². The van der Waals surface area contributed by atoms with Gasteiger partial charge in [0.15, 0.2) is 5.78 Å². The van der Waals surface area contributed by atoms with E-state index in [2.05, 4.69) is 41.8 Å². The maximum absolute atomic E-state index is 13.5. The van der Waals surface area contributed by atoms with Crippen LogP contribution in [-0.2, 0) is 47.8 Å². The van der Waals surface area contributed by atoms with Crippen LogP contribution in [0.2, 0.25) is 0 Å². The van der Waals surface area contributed by atoms with Crippen molar-refractivity contribution in [2.45, 2.75) is 82.7 Å². The predicted octanol–water partition coefficient (Wildman–Crippen LogP) is 9.26. The zero-order valence-electron chi connectivity index (χ0n) is 35.0. The molecule has 0 amide bonds. The Hall–Kier alpha value is -5.11. The van der Waals surface area contributed by atoms with Crippen molar-refractivity contribution in [1.29, 1.82) is 0 Å². The van der Waals surface area contributed by atoms with Gasteiger partial charge in [-0.25, -0.2) is 13.5 Å². The van der Waals surface area contributed by atoms with Gasteiger partial charge in [0, 0.05) is 51.5 Å². The first kappa shape index (κ1) is 46.0. The van der Waals surface area contributed by atoms with Gasteiger partial charge < -0.3 is 24.4 Å². The molecule has 3 atom stereocenters. The number of ketones is 2. The lowest BCUT2D eigenvalue weighted by atomic mass is 9.76. The zero-order valence-corrected chi connectivity index (χ0v) is 35.0. The Kier molecular flexibility index (Phi) is 18.1. The first-order valence-corrected chi connectivity index (χ1v) is 20.6. The number of aryl methyl sites for hydroxylation is 2. The lowest BCUT2D eigenvalue weighted by molar-refractivity contribution is -0.164. The van der Waals surface area contributed by atoms with Crippen LogP contribution in [0.25, 0.3) is 5.69 Å². The fraction of sp³-hybridized carbons (Fsp3) is 0.396. The van der Waals surface area contributed by atoms with Crippen LogP contribution in [0.1, 0.15) is 85.2 Å². The van der Waals surface area contributed by atoms with Crippen LogP contribution >= 0.6 is 0 Å². The highest BCUT2D eigenvalue weighted by molar-refractivity contribution is 6.05. The molecule has 1 saturated carbocycles. The maximum Gasteiger partial charge on any atom is 0.218 e. The molecule has 10 nitrogen and oxygen atoms in total. The Morgan fingerprint density at radius 1 is 0.733 bits per heavy atom. The molecule has 0 saturated heterocycles. The highest BCUT2D eigenvalue weighted by Gasteiger charge is 2.38. The number of halogens is 2. The molecule has 4 aromatic carbocycles. The minimum atomic E-state index is -0.929. The summed E-state index contributed by atoms with van der Waals surface area (Å²) in [6.45, 7) is 0. The molecule has 320 valence electrons. The molecule has 1 fully saturated rings. The highest BCUT2D eigenvalue weighted by Crippen LogP contribution is 2.40.